The molecule has 0 fully saturated rings. The van der Waals surface area contributed by atoms with Crippen molar-refractivity contribution in [3.05, 3.63) is 59.2 Å². The third-order valence-corrected chi connectivity index (χ3v) is 7.54. The normalized spacial score (nSPS) is 12.2. The van der Waals surface area contributed by atoms with Crippen LogP contribution in [0.4, 0.5) is 5.69 Å². The van der Waals surface area contributed by atoms with E-state index in [0.29, 0.717) is 24.4 Å². The molecule has 2 aromatic rings. The Morgan fingerprint density at radius 2 is 1.68 bits per heavy atom. The Morgan fingerprint density at radius 1 is 1.03 bits per heavy atom. The number of rotatable bonds is 13. The van der Waals surface area contributed by atoms with Crippen LogP contribution in [0.1, 0.15) is 50.3 Å². The predicted octanol–water partition coefficient (Wildman–Crippen LogP) is 4.05. The fourth-order valence-corrected chi connectivity index (χ4v) is 4.97. The minimum Gasteiger partial charge on any atom is -0.497 e. The number of anilines is 1. The van der Waals surface area contributed by atoms with Crippen molar-refractivity contribution in [3.63, 3.8) is 0 Å². The Labute approximate surface area is 222 Å². The topological polar surface area (TPSA) is 96.0 Å². The van der Waals surface area contributed by atoms with Crippen molar-refractivity contribution in [1.29, 1.82) is 0 Å². The first-order valence-corrected chi connectivity index (χ1v) is 14.4. The monoisotopic (exact) mass is 531 g/mol. The lowest BCUT2D eigenvalue weighted by atomic mass is 10.1. The molecule has 2 rings (SSSR count). The minimum atomic E-state index is -3.54. The Kier molecular flexibility index (Phi) is 11.0. The number of nitrogens with zero attached hydrogens (tertiary/aromatic N) is 2. The fourth-order valence-electron chi connectivity index (χ4n) is 3.95. The van der Waals surface area contributed by atoms with Crippen LogP contribution in [0.15, 0.2) is 42.5 Å². The zero-order valence-corrected chi connectivity index (χ0v) is 23.9. The van der Waals surface area contributed by atoms with Crippen LogP contribution < -0.4 is 14.4 Å². The van der Waals surface area contributed by atoms with E-state index in [2.05, 4.69) is 5.32 Å². The van der Waals surface area contributed by atoms with E-state index in [4.69, 9.17) is 4.74 Å². The molecule has 2 aromatic carbocycles. The fraction of sp³-hybridized carbons (Fsp3) is 0.500. The highest BCUT2D eigenvalue weighted by atomic mass is 32.2. The van der Waals surface area contributed by atoms with Crippen LogP contribution in [0, 0.1) is 19.8 Å². The lowest BCUT2D eigenvalue weighted by Gasteiger charge is -2.30. The number of hydrogen-bond donors (Lipinski definition) is 1. The van der Waals surface area contributed by atoms with E-state index in [1.165, 1.54) is 10.6 Å². The van der Waals surface area contributed by atoms with Crippen molar-refractivity contribution < 1.29 is 22.7 Å². The molecule has 0 radical (unpaired) electrons. The second-order valence-corrected chi connectivity index (χ2v) is 11.7. The lowest BCUT2D eigenvalue weighted by Crippen LogP contribution is -2.48. The molecule has 8 nitrogen and oxygen atoms in total. The molecule has 37 heavy (non-hydrogen) atoms. The summed E-state index contributed by atoms with van der Waals surface area (Å²) < 4.78 is 31.8. The zero-order chi connectivity index (χ0) is 27.8. The molecule has 0 unspecified atom stereocenters. The molecule has 2 amide bonds. The van der Waals surface area contributed by atoms with E-state index < -0.39 is 16.1 Å². The molecule has 1 atom stereocenters. The first-order valence-electron chi connectivity index (χ1n) is 12.6. The smallest absolute Gasteiger partial charge is 0.242 e. The van der Waals surface area contributed by atoms with Crippen LogP contribution in [-0.2, 0) is 26.2 Å². The van der Waals surface area contributed by atoms with Crippen molar-refractivity contribution in [3.8, 4) is 5.75 Å². The highest BCUT2D eigenvalue weighted by Gasteiger charge is 2.27. The first kappa shape index (κ1) is 30.2. The molecule has 9 heteroatoms. The van der Waals surface area contributed by atoms with Crippen molar-refractivity contribution in [1.82, 2.24) is 10.2 Å². The van der Waals surface area contributed by atoms with Gasteiger partial charge in [0.15, 0.2) is 0 Å². The quantitative estimate of drug-likeness (QED) is 0.421. The van der Waals surface area contributed by atoms with Gasteiger partial charge in [-0.2, -0.15) is 0 Å². The number of carbonyl (C=O) groups is 2. The highest BCUT2D eigenvalue weighted by Crippen LogP contribution is 2.25. The summed E-state index contributed by atoms with van der Waals surface area (Å²) >= 11 is 0. The molecule has 0 aliphatic heterocycles. The van der Waals surface area contributed by atoms with E-state index in [0.717, 1.165) is 16.7 Å². The van der Waals surface area contributed by atoms with Crippen LogP contribution in [-0.4, -0.2) is 57.6 Å². The largest absolute Gasteiger partial charge is 0.497 e. The molecule has 0 aliphatic carbocycles. The van der Waals surface area contributed by atoms with Crippen molar-refractivity contribution in [2.45, 2.75) is 60.0 Å². The Balaban J connectivity index is 2.20. The first-order chi connectivity index (χ1) is 17.3. The number of hydrogen-bond acceptors (Lipinski definition) is 5. The molecule has 0 aromatic heterocycles. The van der Waals surface area contributed by atoms with Gasteiger partial charge in [0.1, 0.15) is 11.8 Å². The molecule has 0 spiro atoms. The number of ether oxygens (including phenoxy) is 1. The van der Waals surface area contributed by atoms with Crippen LogP contribution in [0.5, 0.6) is 5.75 Å². The summed E-state index contributed by atoms with van der Waals surface area (Å²) in [6.07, 6.45) is 1.60. The number of aryl methyl sites for hydroxylation is 1. The number of methoxy groups -OCH3 is 1. The van der Waals surface area contributed by atoms with Gasteiger partial charge in [-0.15, -0.1) is 0 Å². The predicted molar refractivity (Wildman–Crippen MR) is 148 cm³/mol. The molecule has 0 bridgehead atoms. The van der Waals surface area contributed by atoms with Crippen molar-refractivity contribution in [2.24, 2.45) is 5.92 Å². The number of nitrogens with one attached hydrogen (secondary N) is 1. The van der Waals surface area contributed by atoms with Crippen LogP contribution >= 0.6 is 0 Å². The van der Waals surface area contributed by atoms with Gasteiger partial charge in [-0.1, -0.05) is 38.1 Å². The van der Waals surface area contributed by atoms with Gasteiger partial charge in [0, 0.05) is 26.1 Å². The standard InChI is InChI=1S/C28H41N3O5S/c1-20(2)18-29-28(33)23(5)30(19-24-13-15-25(36-6)16-14-24)27(32)12-9-17-31(37(7,34)35)26-11-8-10-21(3)22(26)4/h8,10-11,13-16,20,23H,9,12,17-19H2,1-7H3,(H,29,33)/t23-/m0/s1. The number of carbonyl (C=O) groups excluding carboxylic acids is 2. The number of benzene rings is 2. The Morgan fingerprint density at radius 3 is 2.24 bits per heavy atom. The average molecular weight is 532 g/mol. The SMILES string of the molecule is COc1ccc(CN(C(=O)CCCN(c2cccc(C)c2C)S(C)(=O)=O)[C@@H](C)C(=O)NCC(C)C)cc1. The van der Waals surface area contributed by atoms with Crippen molar-refractivity contribution in [2.75, 3.05) is 30.8 Å². The van der Waals surface area contributed by atoms with Gasteiger partial charge >= 0.3 is 0 Å². The lowest BCUT2D eigenvalue weighted by molar-refractivity contribution is -0.140. The summed E-state index contributed by atoms with van der Waals surface area (Å²) in [5.41, 5.74) is 3.36. The second kappa shape index (κ2) is 13.5. The molecule has 204 valence electrons. The molecule has 0 saturated carbocycles. The van der Waals surface area contributed by atoms with Gasteiger partial charge in [0.2, 0.25) is 21.8 Å². The summed E-state index contributed by atoms with van der Waals surface area (Å²) in [7, 11) is -1.96. The highest BCUT2D eigenvalue weighted by molar-refractivity contribution is 7.92. The molecular weight excluding hydrogens is 490 g/mol. The van der Waals surface area contributed by atoms with Gasteiger partial charge in [-0.3, -0.25) is 13.9 Å². The number of sulfonamides is 1. The van der Waals surface area contributed by atoms with Crippen LogP contribution in [0.2, 0.25) is 0 Å². The minimum absolute atomic E-state index is 0.106. The van der Waals surface area contributed by atoms with Gasteiger partial charge in [0.05, 0.1) is 19.1 Å². The van der Waals surface area contributed by atoms with E-state index in [-0.39, 0.29) is 37.2 Å². The Bertz CT molecular complexity index is 1160. The zero-order valence-electron chi connectivity index (χ0n) is 23.1. The maximum absolute atomic E-state index is 13.4. The van der Waals surface area contributed by atoms with Crippen LogP contribution in [0.25, 0.3) is 0 Å². The van der Waals surface area contributed by atoms with Crippen LogP contribution in [0.3, 0.4) is 0 Å². The van der Waals surface area contributed by atoms with Gasteiger partial charge in [-0.25, -0.2) is 8.42 Å². The summed E-state index contributed by atoms with van der Waals surface area (Å²) in [5.74, 6) is 0.562. The summed E-state index contributed by atoms with van der Waals surface area (Å²) in [6, 6.07) is 12.2. The van der Waals surface area contributed by atoms with Gasteiger partial charge < -0.3 is 15.0 Å². The second-order valence-electron chi connectivity index (χ2n) is 9.84. The molecular formula is C28H41N3O5S. The molecule has 0 aliphatic rings. The average Bonchev–Trinajstić information content (AvgIpc) is 2.84. The molecule has 1 N–H and O–H groups in total. The van der Waals surface area contributed by atoms with Gasteiger partial charge in [0.25, 0.3) is 0 Å². The third kappa shape index (κ3) is 8.77. The van der Waals surface area contributed by atoms with E-state index >= 15 is 0 Å². The number of amides is 2. The summed E-state index contributed by atoms with van der Waals surface area (Å²) in [6.45, 7) is 10.5. The summed E-state index contributed by atoms with van der Waals surface area (Å²) in [5, 5.41) is 2.91. The van der Waals surface area contributed by atoms with E-state index in [1.807, 2.05) is 64.1 Å². The summed E-state index contributed by atoms with van der Waals surface area (Å²) in [4.78, 5) is 27.8. The molecule has 0 heterocycles. The van der Waals surface area contributed by atoms with Crippen molar-refractivity contribution >= 4 is 27.5 Å². The maximum Gasteiger partial charge on any atom is 0.242 e. The Hall–Kier alpha value is -3.07. The van der Waals surface area contributed by atoms with E-state index in [9.17, 15) is 18.0 Å². The molecule has 0 saturated heterocycles. The third-order valence-electron chi connectivity index (χ3n) is 6.36. The van der Waals surface area contributed by atoms with E-state index in [1.54, 1.807) is 25.0 Å². The maximum atomic E-state index is 13.4. The van der Waals surface area contributed by atoms with Gasteiger partial charge in [-0.05, 0) is 68.0 Å².